The van der Waals surface area contributed by atoms with Gasteiger partial charge in [0, 0.05) is 54.6 Å². The highest BCUT2D eigenvalue weighted by Crippen LogP contribution is 2.28. The van der Waals surface area contributed by atoms with E-state index < -0.39 is 11.7 Å². The minimum Gasteiger partial charge on any atom is -0.360 e. The van der Waals surface area contributed by atoms with E-state index in [1.54, 1.807) is 40.9 Å². The van der Waals surface area contributed by atoms with Gasteiger partial charge in [-0.1, -0.05) is 36.0 Å². The van der Waals surface area contributed by atoms with E-state index in [1.165, 1.54) is 11.1 Å². The summed E-state index contributed by atoms with van der Waals surface area (Å²) >= 11 is 13.3. The second-order valence-corrected chi connectivity index (χ2v) is 9.13. The summed E-state index contributed by atoms with van der Waals surface area (Å²) in [6.07, 6.45) is 7.81. The first kappa shape index (κ1) is 21.8. The monoisotopic (exact) mass is 473 g/mol. The Kier molecular flexibility index (Phi) is 6.31. The van der Waals surface area contributed by atoms with E-state index in [1.807, 2.05) is 12.3 Å². The maximum Gasteiger partial charge on any atom is 0.295 e. The molecular weight excluding hydrogens is 454 g/mol. The molecular formula is C22H20ClN3O3S2. The van der Waals surface area contributed by atoms with Crippen molar-refractivity contribution in [2.75, 3.05) is 32.4 Å². The number of ketones is 1. The molecule has 0 saturated carbocycles. The fraction of sp³-hybridized carbons (Fsp3) is 0.273. The van der Waals surface area contributed by atoms with Crippen LogP contribution in [0, 0.1) is 0 Å². The average molecular weight is 474 g/mol. The maximum absolute atomic E-state index is 12.9. The van der Waals surface area contributed by atoms with E-state index in [0.717, 1.165) is 4.91 Å². The summed E-state index contributed by atoms with van der Waals surface area (Å²) in [4.78, 5) is 46.5. The number of hydrogen-bond donors (Lipinski definition) is 1. The molecule has 2 aliphatic rings. The number of nitrogens with one attached hydrogen (secondary N) is 1. The van der Waals surface area contributed by atoms with Crippen molar-refractivity contribution in [3.05, 3.63) is 57.6 Å². The third kappa shape index (κ3) is 4.20. The standard InChI is InChI=1S/C22H20ClN3O3S2/c1-31-13-5-6-14(18(30)11-13)21(28)25-7-9-26(10-8-25)22(29)20(27)15-12-24-17-4-2-3-16(23)19(15)17/h2-6,12,24H,7-11H2,1H3. The highest BCUT2D eigenvalue weighted by Gasteiger charge is 2.31. The third-order valence-electron chi connectivity index (χ3n) is 5.51. The highest BCUT2D eigenvalue weighted by molar-refractivity contribution is 8.02. The second-order valence-electron chi connectivity index (χ2n) is 7.30. The maximum atomic E-state index is 12.9. The summed E-state index contributed by atoms with van der Waals surface area (Å²) < 4.78 is 0. The van der Waals surface area contributed by atoms with Crippen LogP contribution in [0.15, 0.2) is 47.0 Å². The van der Waals surface area contributed by atoms with Gasteiger partial charge in [-0.25, -0.2) is 0 Å². The van der Waals surface area contributed by atoms with E-state index in [-0.39, 0.29) is 11.5 Å². The Hall–Kier alpha value is -2.42. The van der Waals surface area contributed by atoms with E-state index in [2.05, 4.69) is 4.98 Å². The van der Waals surface area contributed by atoms with Gasteiger partial charge in [0.2, 0.25) is 0 Å². The van der Waals surface area contributed by atoms with E-state index in [0.29, 0.717) is 59.0 Å². The van der Waals surface area contributed by atoms with Gasteiger partial charge in [-0.3, -0.25) is 14.4 Å². The van der Waals surface area contributed by atoms with Crippen molar-refractivity contribution in [2.24, 2.45) is 0 Å². The number of H-pyrrole nitrogens is 1. The minimum absolute atomic E-state index is 0.122. The minimum atomic E-state index is -0.606. The van der Waals surface area contributed by atoms with Crippen molar-refractivity contribution < 1.29 is 14.4 Å². The van der Waals surface area contributed by atoms with Crippen LogP contribution in [-0.2, 0) is 9.59 Å². The molecule has 1 aromatic carbocycles. The average Bonchev–Trinajstić information content (AvgIpc) is 3.23. The van der Waals surface area contributed by atoms with Gasteiger partial charge in [-0.05, 0) is 29.4 Å². The molecule has 2 amide bonds. The Morgan fingerprint density at radius 1 is 1.10 bits per heavy atom. The summed E-state index contributed by atoms with van der Waals surface area (Å²) in [7, 11) is 0. The molecule has 1 saturated heterocycles. The lowest BCUT2D eigenvalue weighted by Gasteiger charge is -2.35. The second kappa shape index (κ2) is 8.98. The predicted octanol–water partition coefficient (Wildman–Crippen LogP) is 3.62. The van der Waals surface area contributed by atoms with Gasteiger partial charge in [-0.2, -0.15) is 0 Å². The third-order valence-corrected chi connectivity index (χ3v) is 7.00. The molecule has 0 radical (unpaired) electrons. The largest absolute Gasteiger partial charge is 0.360 e. The smallest absolute Gasteiger partial charge is 0.295 e. The number of rotatable bonds is 4. The lowest BCUT2D eigenvalue weighted by molar-refractivity contribution is -0.134. The van der Waals surface area contributed by atoms with Crippen LogP contribution in [0.25, 0.3) is 10.9 Å². The summed E-state index contributed by atoms with van der Waals surface area (Å²) in [5.74, 6) is -1.32. The van der Waals surface area contributed by atoms with Crippen LogP contribution in [0.3, 0.4) is 0 Å². The molecule has 2 heterocycles. The fourth-order valence-corrected chi connectivity index (χ4v) is 4.94. The van der Waals surface area contributed by atoms with Crippen molar-refractivity contribution in [2.45, 2.75) is 6.42 Å². The number of Topliss-reactive ketones (excluding diaryl/α,β-unsaturated/α-hetero) is 1. The van der Waals surface area contributed by atoms with Crippen molar-refractivity contribution in [3.63, 3.8) is 0 Å². The highest BCUT2D eigenvalue weighted by atomic mass is 35.5. The van der Waals surface area contributed by atoms with Crippen LogP contribution >= 0.6 is 35.6 Å². The van der Waals surface area contributed by atoms with E-state index in [4.69, 9.17) is 23.8 Å². The topological polar surface area (TPSA) is 73.5 Å². The molecule has 4 rings (SSSR count). The fourth-order valence-electron chi connectivity index (χ4n) is 3.77. The number of fused-ring (bicyclic) bond motifs is 1. The molecule has 0 bridgehead atoms. The Morgan fingerprint density at radius 3 is 2.48 bits per heavy atom. The van der Waals surface area contributed by atoms with E-state index >= 15 is 0 Å². The normalized spacial score (nSPS) is 16.9. The molecule has 31 heavy (non-hydrogen) atoms. The van der Waals surface area contributed by atoms with Crippen LogP contribution in [0.2, 0.25) is 5.02 Å². The first-order chi connectivity index (χ1) is 14.9. The molecule has 1 N–H and O–H groups in total. The Balaban J connectivity index is 1.43. The molecule has 160 valence electrons. The summed E-state index contributed by atoms with van der Waals surface area (Å²) in [6.45, 7) is 1.29. The molecule has 9 heteroatoms. The molecule has 0 atom stereocenters. The van der Waals surface area contributed by atoms with Crippen molar-refractivity contribution in [3.8, 4) is 0 Å². The number of amides is 2. The van der Waals surface area contributed by atoms with Crippen LogP contribution in [0.4, 0.5) is 0 Å². The molecule has 0 unspecified atom stereocenters. The Morgan fingerprint density at radius 2 is 1.81 bits per heavy atom. The van der Waals surface area contributed by atoms with Gasteiger partial charge in [0.25, 0.3) is 17.6 Å². The Bertz CT molecular complexity index is 1160. The molecule has 6 nitrogen and oxygen atoms in total. The summed E-state index contributed by atoms with van der Waals surface area (Å²) in [6, 6.07) is 5.26. The number of nitrogens with zero attached hydrogens (tertiary/aromatic N) is 2. The predicted molar refractivity (Wildman–Crippen MR) is 128 cm³/mol. The number of thioether (sulfide) groups is 1. The molecule has 2 aromatic rings. The lowest BCUT2D eigenvalue weighted by Crippen LogP contribution is -2.52. The number of benzene rings is 1. The molecule has 1 fully saturated rings. The van der Waals surface area contributed by atoms with Crippen molar-refractivity contribution in [1.29, 1.82) is 0 Å². The SMILES string of the molecule is CSC1=CC=C(C(=O)N2CCN(C(=O)C(=O)c3c[nH]c4cccc(Cl)c34)CC2)C(=S)C1. The number of carbonyl (C=O) groups excluding carboxylic acids is 3. The summed E-state index contributed by atoms with van der Waals surface area (Å²) in [5, 5.41) is 0.965. The van der Waals surface area contributed by atoms with Crippen molar-refractivity contribution in [1.82, 2.24) is 14.8 Å². The molecule has 1 aliphatic carbocycles. The number of hydrogen-bond acceptors (Lipinski definition) is 5. The number of halogens is 1. The van der Waals surface area contributed by atoms with Gasteiger partial charge < -0.3 is 14.8 Å². The Labute approximate surface area is 194 Å². The van der Waals surface area contributed by atoms with Crippen LogP contribution < -0.4 is 0 Å². The number of thiocarbonyl (C=S) groups is 1. The van der Waals surface area contributed by atoms with Gasteiger partial charge >= 0.3 is 0 Å². The van der Waals surface area contributed by atoms with Gasteiger partial charge in [0.05, 0.1) is 16.2 Å². The zero-order valence-electron chi connectivity index (χ0n) is 16.8. The molecule has 1 aliphatic heterocycles. The van der Waals surface area contributed by atoms with Crippen LogP contribution in [-0.4, -0.2) is 69.7 Å². The van der Waals surface area contributed by atoms with E-state index in [9.17, 15) is 14.4 Å². The number of carbonyl (C=O) groups is 3. The lowest BCUT2D eigenvalue weighted by atomic mass is 10.0. The first-order valence-corrected chi connectivity index (χ1v) is 11.8. The van der Waals surface area contributed by atoms with Crippen molar-refractivity contribution >= 4 is 68.9 Å². The number of aromatic nitrogens is 1. The zero-order valence-corrected chi connectivity index (χ0v) is 19.2. The first-order valence-electron chi connectivity index (χ1n) is 9.77. The molecule has 0 spiro atoms. The van der Waals surface area contributed by atoms with Gasteiger partial charge in [0.15, 0.2) is 0 Å². The van der Waals surface area contributed by atoms with Gasteiger partial charge in [-0.15, -0.1) is 11.8 Å². The van der Waals surface area contributed by atoms with Crippen LogP contribution in [0.5, 0.6) is 0 Å². The molecule has 1 aromatic heterocycles. The number of aromatic amines is 1. The number of allylic oxidation sites excluding steroid dienone is 3. The number of piperazine rings is 1. The zero-order chi connectivity index (χ0) is 22.1. The quantitative estimate of drug-likeness (QED) is 0.417. The van der Waals surface area contributed by atoms with Gasteiger partial charge in [0.1, 0.15) is 0 Å². The summed E-state index contributed by atoms with van der Waals surface area (Å²) in [5.41, 5.74) is 1.50. The van der Waals surface area contributed by atoms with Crippen LogP contribution in [0.1, 0.15) is 16.8 Å².